The summed E-state index contributed by atoms with van der Waals surface area (Å²) in [4.78, 5) is 0. The molecule has 12 heavy (non-hydrogen) atoms. The first-order valence-electron chi connectivity index (χ1n) is 3.28. The van der Waals surface area contributed by atoms with E-state index in [0.717, 1.165) is 0 Å². The quantitative estimate of drug-likeness (QED) is 0.336. The van der Waals surface area contributed by atoms with E-state index >= 15 is 0 Å². The van der Waals surface area contributed by atoms with Gasteiger partial charge in [-0.1, -0.05) is 6.92 Å². The first-order chi connectivity index (χ1) is 4.95. The van der Waals surface area contributed by atoms with Gasteiger partial charge in [0.2, 0.25) is 0 Å². The van der Waals surface area contributed by atoms with Crippen molar-refractivity contribution in [1.29, 1.82) is 0 Å². The van der Waals surface area contributed by atoms with Crippen LogP contribution in [0.15, 0.2) is 0 Å². The van der Waals surface area contributed by atoms with Crippen LogP contribution < -0.4 is 24.2 Å². The minimum absolute atomic E-state index is 0. The van der Waals surface area contributed by atoms with Crippen LogP contribution in [0.2, 0.25) is 0 Å². The zero-order valence-electron chi connectivity index (χ0n) is 7.28. The summed E-state index contributed by atoms with van der Waals surface area (Å²) in [5, 5.41) is 11.6. The normalized spacial score (nSPS) is 13.6. The second-order valence-electron chi connectivity index (χ2n) is 2.19. The van der Waals surface area contributed by atoms with Gasteiger partial charge in [0.1, 0.15) is 0 Å². The largest absolute Gasteiger partial charge is 1.00 e. The van der Waals surface area contributed by atoms with Crippen molar-refractivity contribution in [3.05, 3.63) is 0 Å². The Labute approximate surface area is 84.5 Å². The van der Waals surface area contributed by atoms with Gasteiger partial charge in [0, 0.05) is 6.54 Å². The monoisotopic (exact) mass is 189 g/mol. The van der Waals surface area contributed by atoms with Gasteiger partial charge in [-0.25, -0.2) is 8.42 Å². The smallest absolute Gasteiger partial charge is 0.748 e. The standard InChI is InChI=1S/C5H13NO4S.Li/c1-2-6-3-5(7)4-11(8,9)10;/h5-7H,2-4H2,1H3,(H,8,9,10);/q;+1/p-1. The van der Waals surface area contributed by atoms with Gasteiger partial charge >= 0.3 is 18.9 Å². The maximum Gasteiger partial charge on any atom is 1.00 e. The van der Waals surface area contributed by atoms with Crippen LogP contribution in [0.4, 0.5) is 0 Å². The van der Waals surface area contributed by atoms with Crippen LogP contribution in [0.1, 0.15) is 6.92 Å². The van der Waals surface area contributed by atoms with E-state index in [1.807, 2.05) is 6.92 Å². The molecule has 0 aliphatic rings. The van der Waals surface area contributed by atoms with E-state index in [0.29, 0.717) is 6.54 Å². The Morgan fingerprint density at radius 3 is 2.42 bits per heavy atom. The average molecular weight is 189 g/mol. The van der Waals surface area contributed by atoms with Crippen molar-refractivity contribution in [3.8, 4) is 0 Å². The van der Waals surface area contributed by atoms with Crippen LogP contribution in [-0.2, 0) is 10.1 Å². The minimum atomic E-state index is -4.29. The summed E-state index contributed by atoms with van der Waals surface area (Å²) in [6.45, 7) is 2.59. The summed E-state index contributed by atoms with van der Waals surface area (Å²) < 4.78 is 30.2. The molecule has 1 unspecified atom stereocenters. The van der Waals surface area contributed by atoms with Crippen molar-refractivity contribution in [2.45, 2.75) is 13.0 Å². The molecule has 0 saturated carbocycles. The van der Waals surface area contributed by atoms with Gasteiger partial charge in [-0.3, -0.25) is 0 Å². The molecule has 2 N–H and O–H groups in total. The molecule has 0 saturated heterocycles. The Kier molecular flexibility index (Phi) is 8.57. The Bertz CT molecular complexity index is 194. The molecule has 0 aromatic heterocycles. The summed E-state index contributed by atoms with van der Waals surface area (Å²) >= 11 is 0. The van der Waals surface area contributed by atoms with Crippen LogP contribution in [0, 0.1) is 0 Å². The van der Waals surface area contributed by atoms with Gasteiger partial charge in [-0.15, -0.1) is 0 Å². The third-order valence-corrected chi connectivity index (χ3v) is 1.82. The number of rotatable bonds is 5. The Hall–Kier alpha value is 0.427. The van der Waals surface area contributed by atoms with Crippen molar-refractivity contribution < 1.29 is 36.9 Å². The average Bonchev–Trinajstić information content (AvgIpc) is 1.79. The topological polar surface area (TPSA) is 89.5 Å². The van der Waals surface area contributed by atoms with Crippen molar-refractivity contribution in [2.75, 3.05) is 18.8 Å². The van der Waals surface area contributed by atoms with E-state index in [4.69, 9.17) is 5.11 Å². The first kappa shape index (κ1) is 14.9. The number of aliphatic hydroxyl groups excluding tert-OH is 1. The van der Waals surface area contributed by atoms with E-state index < -0.39 is 22.0 Å². The molecule has 5 nitrogen and oxygen atoms in total. The third kappa shape index (κ3) is 10.4. The van der Waals surface area contributed by atoms with Gasteiger partial charge in [-0.05, 0) is 6.54 Å². The molecule has 0 bridgehead atoms. The fourth-order valence-electron chi connectivity index (χ4n) is 0.605. The summed E-state index contributed by atoms with van der Waals surface area (Å²) in [6, 6.07) is 0. The van der Waals surface area contributed by atoms with Gasteiger partial charge < -0.3 is 15.0 Å². The van der Waals surface area contributed by atoms with Gasteiger partial charge in [0.25, 0.3) is 0 Å². The predicted octanol–water partition coefficient (Wildman–Crippen LogP) is -4.49. The Morgan fingerprint density at radius 1 is 1.58 bits per heavy atom. The van der Waals surface area contributed by atoms with E-state index in [2.05, 4.69) is 5.32 Å². The molecule has 0 aromatic carbocycles. The fraction of sp³-hybridized carbons (Fsp3) is 1.00. The molecular formula is C5H12LiNO4S. The Balaban J connectivity index is 0. The van der Waals surface area contributed by atoms with E-state index in [1.54, 1.807) is 0 Å². The van der Waals surface area contributed by atoms with E-state index in [-0.39, 0.29) is 25.4 Å². The number of likely N-dealkylation sites (N-methyl/N-ethyl adjacent to an activating group) is 1. The van der Waals surface area contributed by atoms with E-state index in [1.165, 1.54) is 0 Å². The maximum absolute atomic E-state index is 10.1. The number of nitrogens with one attached hydrogen (secondary N) is 1. The zero-order valence-corrected chi connectivity index (χ0v) is 8.10. The molecular weight excluding hydrogens is 177 g/mol. The summed E-state index contributed by atoms with van der Waals surface area (Å²) in [7, 11) is -4.29. The van der Waals surface area contributed by atoms with E-state index in [9.17, 15) is 13.0 Å². The second-order valence-corrected chi connectivity index (χ2v) is 3.63. The van der Waals surface area contributed by atoms with Gasteiger partial charge in [0.05, 0.1) is 22.0 Å². The van der Waals surface area contributed by atoms with Crippen LogP contribution in [-0.4, -0.2) is 43.0 Å². The van der Waals surface area contributed by atoms with Crippen molar-refractivity contribution in [3.63, 3.8) is 0 Å². The zero-order chi connectivity index (χ0) is 8.91. The number of aliphatic hydroxyl groups is 1. The SMILES string of the molecule is CCNCC(O)CS(=O)(=O)[O-].[Li+]. The molecule has 0 aliphatic carbocycles. The molecule has 0 aliphatic heterocycles. The second kappa shape index (κ2) is 6.89. The Morgan fingerprint density at radius 2 is 2.08 bits per heavy atom. The van der Waals surface area contributed by atoms with Crippen LogP contribution in [0.3, 0.4) is 0 Å². The molecule has 0 rings (SSSR count). The maximum atomic E-state index is 10.1. The van der Waals surface area contributed by atoms with Crippen molar-refractivity contribution >= 4 is 10.1 Å². The molecule has 0 radical (unpaired) electrons. The summed E-state index contributed by atoms with van der Waals surface area (Å²) in [5.41, 5.74) is 0. The molecule has 0 fully saturated rings. The van der Waals surface area contributed by atoms with Gasteiger partial charge in [-0.2, -0.15) is 0 Å². The van der Waals surface area contributed by atoms with Crippen LogP contribution in [0.25, 0.3) is 0 Å². The van der Waals surface area contributed by atoms with Crippen LogP contribution in [0.5, 0.6) is 0 Å². The third-order valence-electron chi connectivity index (χ3n) is 1.03. The van der Waals surface area contributed by atoms with Crippen LogP contribution >= 0.6 is 0 Å². The predicted molar refractivity (Wildman–Crippen MR) is 39.1 cm³/mol. The number of hydrogen-bond acceptors (Lipinski definition) is 5. The molecule has 1 atom stereocenters. The van der Waals surface area contributed by atoms with Gasteiger partial charge in [0.15, 0.2) is 0 Å². The first-order valence-corrected chi connectivity index (χ1v) is 4.85. The molecule has 0 aromatic rings. The molecule has 68 valence electrons. The van der Waals surface area contributed by atoms with Crippen molar-refractivity contribution in [2.24, 2.45) is 0 Å². The molecule has 0 heterocycles. The number of hydrogen-bond donors (Lipinski definition) is 2. The summed E-state index contributed by atoms with van der Waals surface area (Å²) in [6.07, 6.45) is -1.10. The molecule has 7 heteroatoms. The minimum Gasteiger partial charge on any atom is -0.748 e. The fourth-order valence-corrected chi connectivity index (χ4v) is 1.19. The molecule has 0 amide bonds. The summed E-state index contributed by atoms with van der Waals surface area (Å²) in [5.74, 6) is -0.722. The van der Waals surface area contributed by atoms with Crippen molar-refractivity contribution in [1.82, 2.24) is 5.32 Å². The molecule has 0 spiro atoms.